The van der Waals surface area contributed by atoms with Crippen LogP contribution in [0.25, 0.3) is 10.4 Å². The van der Waals surface area contributed by atoms with E-state index in [1.54, 1.807) is 0 Å². The summed E-state index contributed by atoms with van der Waals surface area (Å²) in [5.74, 6) is -0.410. The molecule has 1 aromatic heterocycles. The van der Waals surface area contributed by atoms with Gasteiger partial charge in [-0.2, -0.15) is 0 Å². The molecule has 3 N–H and O–H groups in total. The van der Waals surface area contributed by atoms with Crippen LogP contribution in [0, 0.1) is 6.92 Å². The summed E-state index contributed by atoms with van der Waals surface area (Å²) in [4.78, 5) is 16.1. The molecule has 18 heavy (non-hydrogen) atoms. The highest BCUT2D eigenvalue weighted by atomic mass is 79.9. The second-order valence-electron chi connectivity index (χ2n) is 3.65. The van der Waals surface area contributed by atoms with Crippen LogP contribution in [0.4, 0.5) is 0 Å². The summed E-state index contributed by atoms with van der Waals surface area (Å²) in [5, 5.41) is 6.49. The molecule has 6 nitrogen and oxygen atoms in total. The van der Waals surface area contributed by atoms with E-state index in [1.165, 1.54) is 11.3 Å². The zero-order valence-corrected chi connectivity index (χ0v) is 12.3. The fourth-order valence-electron chi connectivity index (χ4n) is 1.41. The summed E-state index contributed by atoms with van der Waals surface area (Å²) in [6.45, 7) is 2.95. The molecule has 1 rings (SSSR count). The molecule has 0 spiro atoms. The van der Waals surface area contributed by atoms with Gasteiger partial charge in [-0.15, -0.1) is 11.3 Å². The van der Waals surface area contributed by atoms with E-state index in [9.17, 15) is 4.79 Å². The third kappa shape index (κ3) is 4.30. The predicted molar refractivity (Wildman–Crippen MR) is 75.3 cm³/mol. The lowest BCUT2D eigenvalue weighted by atomic mass is 10.2. The zero-order chi connectivity index (χ0) is 13.5. The molecule has 0 fully saturated rings. The topological polar surface area (TPSA) is 104 Å². The first kappa shape index (κ1) is 15.0. The van der Waals surface area contributed by atoms with Crippen LogP contribution in [-0.4, -0.2) is 19.0 Å². The lowest BCUT2D eigenvalue weighted by Crippen LogP contribution is -2.33. The van der Waals surface area contributed by atoms with Crippen LogP contribution >= 0.6 is 27.3 Å². The summed E-state index contributed by atoms with van der Waals surface area (Å²) >= 11 is 4.94. The monoisotopic (exact) mass is 331 g/mol. The molecule has 98 valence electrons. The van der Waals surface area contributed by atoms with E-state index in [0.717, 1.165) is 14.2 Å². The average Bonchev–Trinajstić information content (AvgIpc) is 2.63. The van der Waals surface area contributed by atoms with Gasteiger partial charge in [0.1, 0.15) is 6.04 Å². The van der Waals surface area contributed by atoms with E-state index in [0.29, 0.717) is 19.5 Å². The molecule has 1 aromatic rings. The summed E-state index contributed by atoms with van der Waals surface area (Å²) in [7, 11) is 0. The molecule has 1 unspecified atom stereocenters. The van der Waals surface area contributed by atoms with Crippen LogP contribution in [0.2, 0.25) is 0 Å². The highest BCUT2D eigenvalue weighted by Crippen LogP contribution is 2.30. The lowest BCUT2D eigenvalue weighted by molar-refractivity contribution is -0.120. The van der Waals surface area contributed by atoms with E-state index in [2.05, 4.69) is 31.3 Å². The maximum atomic E-state index is 11.4. The Bertz CT molecular complexity index is 449. The minimum Gasteiger partial charge on any atom is -0.368 e. The number of carbonyl (C=O) groups is 1. The van der Waals surface area contributed by atoms with Gasteiger partial charge in [0, 0.05) is 25.7 Å². The second kappa shape index (κ2) is 7.38. The highest BCUT2D eigenvalue weighted by molar-refractivity contribution is 9.10. The van der Waals surface area contributed by atoms with Crippen molar-refractivity contribution in [1.29, 1.82) is 0 Å². The maximum absolute atomic E-state index is 11.4. The number of hydrogen-bond acceptors (Lipinski definition) is 4. The summed E-state index contributed by atoms with van der Waals surface area (Å²) in [6, 6.07) is 1.40. The number of amides is 1. The number of hydrogen-bond donors (Lipinski definition) is 2. The van der Waals surface area contributed by atoms with Gasteiger partial charge in [0.25, 0.3) is 0 Å². The zero-order valence-electron chi connectivity index (χ0n) is 9.89. The van der Waals surface area contributed by atoms with Crippen LogP contribution in [0.1, 0.15) is 22.2 Å². The summed E-state index contributed by atoms with van der Waals surface area (Å²) in [5.41, 5.74) is 13.5. The van der Waals surface area contributed by atoms with Gasteiger partial charge < -0.3 is 11.1 Å². The second-order valence-corrected chi connectivity index (χ2v) is 5.79. The van der Waals surface area contributed by atoms with Crippen molar-refractivity contribution in [3.63, 3.8) is 0 Å². The van der Waals surface area contributed by atoms with Crippen LogP contribution in [0.3, 0.4) is 0 Å². The Morgan fingerprint density at radius 2 is 2.50 bits per heavy atom. The first-order chi connectivity index (χ1) is 8.56. The van der Waals surface area contributed by atoms with Gasteiger partial charge in [0.15, 0.2) is 0 Å². The number of azide groups is 1. The number of primary amides is 1. The molecular weight excluding hydrogens is 318 g/mol. The number of nitrogens with zero attached hydrogens (tertiary/aromatic N) is 3. The molecule has 0 radical (unpaired) electrons. The Hall–Kier alpha value is -1.08. The third-order valence-electron chi connectivity index (χ3n) is 2.29. The Kier molecular flexibility index (Phi) is 6.14. The van der Waals surface area contributed by atoms with Gasteiger partial charge in [0.05, 0.1) is 0 Å². The van der Waals surface area contributed by atoms with Crippen molar-refractivity contribution in [2.45, 2.75) is 19.4 Å². The van der Waals surface area contributed by atoms with E-state index < -0.39 is 11.9 Å². The highest BCUT2D eigenvalue weighted by Gasteiger charge is 2.19. The average molecular weight is 332 g/mol. The van der Waals surface area contributed by atoms with Gasteiger partial charge in [-0.1, -0.05) is 5.11 Å². The normalized spacial score (nSPS) is 11.9. The van der Waals surface area contributed by atoms with Crippen molar-refractivity contribution in [2.75, 3.05) is 13.1 Å². The van der Waals surface area contributed by atoms with E-state index in [4.69, 9.17) is 11.3 Å². The molecule has 0 aliphatic heterocycles. The molecule has 0 aromatic carbocycles. The molecule has 1 atom stereocenters. The van der Waals surface area contributed by atoms with E-state index in [-0.39, 0.29) is 0 Å². The number of nitrogens with two attached hydrogens (primary N) is 1. The fraction of sp³-hybridized carbons (Fsp3) is 0.500. The van der Waals surface area contributed by atoms with Gasteiger partial charge in [0.2, 0.25) is 5.91 Å². The molecule has 0 bridgehead atoms. The molecule has 0 aliphatic rings. The van der Waals surface area contributed by atoms with Crippen molar-refractivity contribution < 1.29 is 4.79 Å². The number of aryl methyl sites for hydroxylation is 1. The molecule has 8 heteroatoms. The number of halogens is 1. The van der Waals surface area contributed by atoms with Crippen LogP contribution < -0.4 is 11.1 Å². The van der Waals surface area contributed by atoms with E-state index >= 15 is 0 Å². The minimum absolute atomic E-state index is 0.405. The van der Waals surface area contributed by atoms with Gasteiger partial charge >= 0.3 is 0 Å². The molecule has 0 aliphatic carbocycles. The van der Waals surface area contributed by atoms with Gasteiger partial charge in [-0.05, 0) is 47.4 Å². The maximum Gasteiger partial charge on any atom is 0.239 e. The van der Waals surface area contributed by atoms with Crippen molar-refractivity contribution in [2.24, 2.45) is 10.8 Å². The van der Waals surface area contributed by atoms with Crippen molar-refractivity contribution in [1.82, 2.24) is 5.32 Å². The summed E-state index contributed by atoms with van der Waals surface area (Å²) in [6.07, 6.45) is 0.666. The van der Waals surface area contributed by atoms with Gasteiger partial charge in [-0.3, -0.25) is 4.79 Å². The number of rotatable bonds is 7. The van der Waals surface area contributed by atoms with Crippen molar-refractivity contribution in [3.8, 4) is 0 Å². The third-order valence-corrected chi connectivity index (χ3v) is 4.49. The summed E-state index contributed by atoms with van der Waals surface area (Å²) < 4.78 is 0.977. The molecular formula is C10H14BrN5OS. The Labute approximate surface area is 117 Å². The number of carbonyl (C=O) groups excluding carboxylic acids is 1. The predicted octanol–water partition coefficient (Wildman–Crippen LogP) is 2.64. The Balaban J connectivity index is 2.60. The smallest absolute Gasteiger partial charge is 0.239 e. The standard InChI is InChI=1S/C10H14BrN5OS/c1-6-7(11)5-8(18-6)9(10(12)17)14-3-2-4-15-16-13/h5,9,14H,2-4H2,1H3,(H2,12,17). The largest absolute Gasteiger partial charge is 0.368 e. The van der Waals surface area contributed by atoms with Crippen LogP contribution in [0.5, 0.6) is 0 Å². The van der Waals surface area contributed by atoms with Gasteiger partial charge in [-0.25, -0.2) is 0 Å². The SMILES string of the molecule is Cc1sc(C(NCCCN=[N+]=[N-])C(N)=O)cc1Br. The minimum atomic E-state index is -0.494. The lowest BCUT2D eigenvalue weighted by Gasteiger charge is -2.13. The number of nitrogens with one attached hydrogen (secondary N) is 1. The number of thiophene rings is 1. The Morgan fingerprint density at radius 3 is 3.00 bits per heavy atom. The van der Waals surface area contributed by atoms with Crippen molar-refractivity contribution in [3.05, 3.63) is 30.7 Å². The van der Waals surface area contributed by atoms with Crippen molar-refractivity contribution >= 4 is 33.2 Å². The van der Waals surface area contributed by atoms with Crippen LogP contribution in [-0.2, 0) is 4.79 Å². The quantitative estimate of drug-likeness (QED) is 0.347. The Morgan fingerprint density at radius 1 is 1.78 bits per heavy atom. The molecule has 1 amide bonds. The molecule has 1 heterocycles. The first-order valence-electron chi connectivity index (χ1n) is 5.35. The van der Waals surface area contributed by atoms with Crippen LogP contribution in [0.15, 0.2) is 15.7 Å². The molecule has 0 saturated carbocycles. The first-order valence-corrected chi connectivity index (χ1v) is 6.96. The fourth-order valence-corrected chi connectivity index (χ4v) is 3.05. The van der Waals surface area contributed by atoms with E-state index in [1.807, 2.05) is 13.0 Å². The molecule has 0 saturated heterocycles.